The Morgan fingerprint density at radius 1 is 1.47 bits per heavy atom. The topological polar surface area (TPSA) is 32.3 Å². The van der Waals surface area contributed by atoms with Crippen LogP contribution in [0.1, 0.15) is 18.9 Å². The first kappa shape index (κ1) is 8.77. The summed E-state index contributed by atoms with van der Waals surface area (Å²) in [4.78, 5) is 13.7. The number of rotatable bonds is 1. The number of carbonyl (C=O) groups excluding carboxylic acids is 1. The minimum absolute atomic E-state index is 0.0665. The van der Waals surface area contributed by atoms with Gasteiger partial charge in [-0.3, -0.25) is 4.90 Å². The lowest BCUT2D eigenvalue weighted by atomic mass is 10.0. The van der Waals surface area contributed by atoms with Gasteiger partial charge in [-0.05, 0) is 24.5 Å². The monoisotopic (exact) mass is 202 g/mol. The molecule has 2 amide bonds. The quantitative estimate of drug-likeness (QED) is 0.741. The zero-order valence-electron chi connectivity index (χ0n) is 8.73. The smallest absolute Gasteiger partial charge is 0.322 e. The number of hydrogen-bond acceptors (Lipinski definition) is 1. The van der Waals surface area contributed by atoms with E-state index in [1.807, 2.05) is 23.1 Å². The second-order valence-corrected chi connectivity index (χ2v) is 4.23. The number of para-hydroxylation sites is 1. The van der Waals surface area contributed by atoms with Crippen molar-refractivity contribution < 1.29 is 4.79 Å². The Balaban J connectivity index is 2.04. The van der Waals surface area contributed by atoms with Crippen LogP contribution in [0.25, 0.3) is 0 Å². The maximum atomic E-state index is 11.8. The van der Waals surface area contributed by atoms with Crippen LogP contribution in [0.4, 0.5) is 10.5 Å². The third-order valence-electron chi connectivity index (χ3n) is 3.44. The van der Waals surface area contributed by atoms with Gasteiger partial charge in [0.1, 0.15) is 0 Å². The summed E-state index contributed by atoms with van der Waals surface area (Å²) < 4.78 is 0. The summed E-state index contributed by atoms with van der Waals surface area (Å²) in [5, 5.41) is 3.03. The Morgan fingerprint density at radius 2 is 2.27 bits per heavy atom. The minimum atomic E-state index is 0.0665. The first-order chi connectivity index (χ1) is 7.31. The van der Waals surface area contributed by atoms with Gasteiger partial charge in [-0.1, -0.05) is 25.1 Å². The average Bonchev–Trinajstić information content (AvgIpc) is 2.76. The van der Waals surface area contributed by atoms with E-state index >= 15 is 0 Å². The summed E-state index contributed by atoms with van der Waals surface area (Å²) in [7, 11) is 0. The fourth-order valence-corrected chi connectivity index (χ4v) is 2.69. The van der Waals surface area contributed by atoms with Crippen molar-refractivity contribution in [3.05, 3.63) is 29.8 Å². The van der Waals surface area contributed by atoms with Gasteiger partial charge in [0, 0.05) is 5.69 Å². The molecular formula is C12H14N2O. The maximum Gasteiger partial charge on any atom is 0.322 e. The molecule has 0 radical (unpaired) electrons. The van der Waals surface area contributed by atoms with Crippen LogP contribution in [0.2, 0.25) is 0 Å². The van der Waals surface area contributed by atoms with Crippen LogP contribution < -0.4 is 10.2 Å². The van der Waals surface area contributed by atoms with Crippen LogP contribution in [-0.4, -0.2) is 18.1 Å². The summed E-state index contributed by atoms with van der Waals surface area (Å²) in [5.74, 6) is 0. The molecule has 0 saturated carbocycles. The van der Waals surface area contributed by atoms with Gasteiger partial charge in [-0.2, -0.15) is 0 Å². The Hall–Kier alpha value is -1.51. The number of hydrogen-bond donors (Lipinski definition) is 1. The molecule has 0 aromatic heterocycles. The molecule has 0 spiro atoms. The zero-order chi connectivity index (χ0) is 10.4. The molecule has 3 heteroatoms. The highest BCUT2D eigenvalue weighted by molar-refractivity contribution is 5.98. The fraction of sp³-hybridized carbons (Fsp3) is 0.417. The Morgan fingerprint density at radius 3 is 3.07 bits per heavy atom. The van der Waals surface area contributed by atoms with Gasteiger partial charge >= 0.3 is 6.03 Å². The standard InChI is InChI=1S/C12H14N2O/c1-2-9-11-7-8-5-3-4-6-10(8)14(11)12(15)13-9/h3-6,9,11H,2,7H2,1H3,(H,13,15)/t9-,11-/m0/s1. The van der Waals surface area contributed by atoms with Crippen molar-refractivity contribution in [2.45, 2.75) is 31.8 Å². The molecule has 78 valence electrons. The molecule has 1 aromatic carbocycles. The molecule has 0 bridgehead atoms. The molecule has 0 unspecified atom stereocenters. The van der Waals surface area contributed by atoms with E-state index < -0.39 is 0 Å². The first-order valence-electron chi connectivity index (χ1n) is 5.49. The van der Waals surface area contributed by atoms with Gasteiger partial charge in [0.15, 0.2) is 0 Å². The lowest BCUT2D eigenvalue weighted by Gasteiger charge is -2.17. The summed E-state index contributed by atoms with van der Waals surface area (Å²) in [6.07, 6.45) is 1.99. The van der Waals surface area contributed by atoms with Crippen LogP contribution in [0.15, 0.2) is 24.3 Å². The highest BCUT2D eigenvalue weighted by Crippen LogP contribution is 2.36. The van der Waals surface area contributed by atoms with E-state index in [0.29, 0.717) is 12.1 Å². The van der Waals surface area contributed by atoms with Crippen LogP contribution in [0, 0.1) is 0 Å². The summed E-state index contributed by atoms with van der Waals surface area (Å²) in [6.45, 7) is 2.12. The van der Waals surface area contributed by atoms with Gasteiger partial charge in [-0.25, -0.2) is 4.79 Å². The summed E-state index contributed by atoms with van der Waals surface area (Å²) >= 11 is 0. The molecule has 2 atom stereocenters. The van der Waals surface area contributed by atoms with Gasteiger partial charge in [-0.15, -0.1) is 0 Å². The minimum Gasteiger partial charge on any atom is -0.333 e. The molecule has 1 N–H and O–H groups in total. The molecule has 0 aliphatic carbocycles. The highest BCUT2D eigenvalue weighted by Gasteiger charge is 2.43. The second-order valence-electron chi connectivity index (χ2n) is 4.23. The Labute approximate surface area is 89.1 Å². The van der Waals surface area contributed by atoms with Gasteiger partial charge in [0.05, 0.1) is 12.1 Å². The number of anilines is 1. The van der Waals surface area contributed by atoms with Crippen molar-refractivity contribution in [3.63, 3.8) is 0 Å². The number of carbonyl (C=O) groups is 1. The molecule has 3 nitrogen and oxygen atoms in total. The van der Waals surface area contributed by atoms with Crippen molar-refractivity contribution in [1.82, 2.24) is 5.32 Å². The van der Waals surface area contributed by atoms with E-state index in [1.165, 1.54) is 5.56 Å². The molecule has 1 fully saturated rings. The summed E-state index contributed by atoms with van der Waals surface area (Å²) in [6, 6.07) is 8.90. The molecule has 1 saturated heterocycles. The number of amides is 2. The Kier molecular flexibility index (Phi) is 1.75. The van der Waals surface area contributed by atoms with E-state index in [4.69, 9.17) is 0 Å². The van der Waals surface area contributed by atoms with Crippen molar-refractivity contribution >= 4 is 11.7 Å². The Bertz CT molecular complexity index is 416. The predicted molar refractivity (Wildman–Crippen MR) is 59.0 cm³/mol. The molecule has 2 heterocycles. The summed E-state index contributed by atoms with van der Waals surface area (Å²) in [5.41, 5.74) is 2.40. The van der Waals surface area contributed by atoms with Gasteiger partial charge in [0.2, 0.25) is 0 Å². The number of benzene rings is 1. The first-order valence-corrected chi connectivity index (χ1v) is 5.49. The highest BCUT2D eigenvalue weighted by atomic mass is 16.2. The van der Waals surface area contributed by atoms with Crippen LogP contribution in [0.5, 0.6) is 0 Å². The van der Waals surface area contributed by atoms with E-state index in [-0.39, 0.29) is 6.03 Å². The van der Waals surface area contributed by atoms with Crippen molar-refractivity contribution in [1.29, 1.82) is 0 Å². The maximum absolute atomic E-state index is 11.8. The van der Waals surface area contributed by atoms with Gasteiger partial charge in [0.25, 0.3) is 0 Å². The molecule has 15 heavy (non-hydrogen) atoms. The van der Waals surface area contributed by atoms with E-state index in [1.54, 1.807) is 0 Å². The van der Waals surface area contributed by atoms with Crippen molar-refractivity contribution in [3.8, 4) is 0 Å². The normalized spacial score (nSPS) is 27.5. The average molecular weight is 202 g/mol. The number of fused-ring (bicyclic) bond motifs is 3. The SMILES string of the molecule is CC[C@@H]1NC(=O)N2c3ccccc3C[C@@H]12. The molecule has 2 aliphatic rings. The second kappa shape index (κ2) is 2.99. The number of urea groups is 1. The third kappa shape index (κ3) is 1.09. The van der Waals surface area contributed by atoms with Crippen LogP contribution in [0.3, 0.4) is 0 Å². The van der Waals surface area contributed by atoms with E-state index in [9.17, 15) is 4.79 Å². The molecular weight excluding hydrogens is 188 g/mol. The number of nitrogens with one attached hydrogen (secondary N) is 1. The van der Waals surface area contributed by atoms with Crippen molar-refractivity contribution in [2.24, 2.45) is 0 Å². The van der Waals surface area contributed by atoms with Crippen LogP contribution in [-0.2, 0) is 6.42 Å². The number of nitrogens with zero attached hydrogens (tertiary/aromatic N) is 1. The molecule has 2 aliphatic heterocycles. The fourth-order valence-electron chi connectivity index (χ4n) is 2.69. The zero-order valence-corrected chi connectivity index (χ0v) is 8.73. The largest absolute Gasteiger partial charge is 0.333 e. The molecule has 1 aromatic rings. The van der Waals surface area contributed by atoms with E-state index in [2.05, 4.69) is 18.3 Å². The van der Waals surface area contributed by atoms with E-state index in [0.717, 1.165) is 18.5 Å². The lowest BCUT2D eigenvalue weighted by Crippen LogP contribution is -2.33. The molecule has 3 rings (SSSR count). The lowest BCUT2D eigenvalue weighted by molar-refractivity contribution is 0.250. The van der Waals surface area contributed by atoms with Gasteiger partial charge < -0.3 is 5.32 Å². The van der Waals surface area contributed by atoms with Crippen molar-refractivity contribution in [2.75, 3.05) is 4.90 Å². The predicted octanol–water partition coefficient (Wildman–Crippen LogP) is 1.92. The third-order valence-corrected chi connectivity index (χ3v) is 3.44. The van der Waals surface area contributed by atoms with Crippen LogP contribution >= 0.6 is 0 Å².